The van der Waals surface area contributed by atoms with Gasteiger partial charge in [0.1, 0.15) is 5.52 Å². The molecule has 0 spiro atoms. The summed E-state index contributed by atoms with van der Waals surface area (Å²) in [6, 6.07) is 5.98. The van der Waals surface area contributed by atoms with Crippen molar-refractivity contribution in [3.63, 3.8) is 0 Å². The lowest BCUT2D eigenvalue weighted by Crippen LogP contribution is -1.94. The van der Waals surface area contributed by atoms with E-state index in [4.69, 9.17) is 10.2 Å². The molecule has 1 heterocycles. The van der Waals surface area contributed by atoms with Crippen molar-refractivity contribution >= 4 is 17.2 Å². The molecular weight excluding hydrogens is 188 g/mol. The van der Waals surface area contributed by atoms with Crippen LogP contribution in [0.25, 0.3) is 17.2 Å². The second kappa shape index (κ2) is 4.28. The summed E-state index contributed by atoms with van der Waals surface area (Å²) >= 11 is 0. The lowest BCUT2D eigenvalue weighted by molar-refractivity contribution is 0.561. The van der Waals surface area contributed by atoms with Crippen LogP contribution in [-0.2, 0) is 0 Å². The van der Waals surface area contributed by atoms with Gasteiger partial charge in [0.25, 0.3) is 0 Å². The lowest BCUT2D eigenvalue weighted by Gasteiger charge is -1.92. The van der Waals surface area contributed by atoms with Crippen molar-refractivity contribution in [1.82, 2.24) is 4.98 Å². The maximum absolute atomic E-state index is 5.45. The third-order valence-corrected chi connectivity index (χ3v) is 2.16. The largest absolute Gasteiger partial charge is 0.441 e. The molecule has 0 amide bonds. The molecule has 1 aromatic carbocycles. The smallest absolute Gasteiger partial charge is 0.192 e. The van der Waals surface area contributed by atoms with E-state index in [0.29, 0.717) is 12.4 Å². The molecule has 0 radical (unpaired) electrons. The molecule has 0 atom stereocenters. The number of oxazole rings is 1. The zero-order valence-corrected chi connectivity index (χ0v) is 8.73. The van der Waals surface area contributed by atoms with Crippen molar-refractivity contribution in [2.75, 3.05) is 6.54 Å². The molecule has 2 aromatic rings. The fourth-order valence-electron chi connectivity index (χ4n) is 1.48. The molecule has 3 nitrogen and oxygen atoms in total. The molecule has 3 heteroatoms. The number of hydrogen-bond acceptors (Lipinski definition) is 3. The van der Waals surface area contributed by atoms with Gasteiger partial charge in [-0.25, -0.2) is 4.98 Å². The summed E-state index contributed by atoms with van der Waals surface area (Å²) in [7, 11) is 0. The average Bonchev–Trinajstić information content (AvgIpc) is 2.57. The van der Waals surface area contributed by atoms with Crippen LogP contribution in [0.1, 0.15) is 17.9 Å². The van der Waals surface area contributed by atoms with Crippen molar-refractivity contribution in [3.05, 3.63) is 35.7 Å². The highest BCUT2D eigenvalue weighted by Crippen LogP contribution is 2.17. The van der Waals surface area contributed by atoms with E-state index in [9.17, 15) is 0 Å². The number of fused-ring (bicyclic) bond motifs is 1. The Labute approximate surface area is 88.6 Å². The zero-order valence-electron chi connectivity index (χ0n) is 8.73. The topological polar surface area (TPSA) is 52.0 Å². The number of hydrogen-bond donors (Lipinski definition) is 1. The molecule has 0 saturated heterocycles. The van der Waals surface area contributed by atoms with Gasteiger partial charge in [-0.2, -0.15) is 0 Å². The molecule has 0 saturated carbocycles. The zero-order chi connectivity index (χ0) is 10.7. The molecule has 2 N–H and O–H groups in total. The Bertz CT molecular complexity index is 485. The normalized spacial score (nSPS) is 11.6. The molecule has 0 unspecified atom stereocenters. The first-order valence-electron chi connectivity index (χ1n) is 5.03. The van der Waals surface area contributed by atoms with Crippen LogP contribution in [0.4, 0.5) is 0 Å². The van der Waals surface area contributed by atoms with E-state index in [1.165, 1.54) is 0 Å². The van der Waals surface area contributed by atoms with Gasteiger partial charge in [-0.05, 0) is 30.7 Å². The Morgan fingerprint density at radius 2 is 2.33 bits per heavy atom. The van der Waals surface area contributed by atoms with Crippen molar-refractivity contribution in [2.45, 2.75) is 13.3 Å². The van der Waals surface area contributed by atoms with Crippen LogP contribution in [0.2, 0.25) is 0 Å². The van der Waals surface area contributed by atoms with Crippen LogP contribution in [0.15, 0.2) is 28.7 Å². The summed E-state index contributed by atoms with van der Waals surface area (Å²) in [5.74, 6) is 0.702. The first-order valence-corrected chi connectivity index (χ1v) is 5.03. The van der Waals surface area contributed by atoms with Gasteiger partial charge in [0, 0.05) is 6.92 Å². The van der Waals surface area contributed by atoms with Crippen molar-refractivity contribution < 1.29 is 4.42 Å². The molecule has 15 heavy (non-hydrogen) atoms. The maximum Gasteiger partial charge on any atom is 0.192 e. The molecule has 1 aromatic heterocycles. The van der Waals surface area contributed by atoms with E-state index < -0.39 is 0 Å². The number of nitrogens with zero attached hydrogens (tertiary/aromatic N) is 1. The first-order chi connectivity index (χ1) is 7.29. The van der Waals surface area contributed by atoms with Crippen LogP contribution in [0.5, 0.6) is 0 Å². The Morgan fingerprint density at radius 3 is 3.13 bits per heavy atom. The van der Waals surface area contributed by atoms with E-state index in [2.05, 4.69) is 11.1 Å². The standard InChI is InChI=1S/C12H14N2O/c1-9-14-11-6-5-10(4-2-3-7-13)8-12(11)15-9/h2,4-6,8H,3,7,13H2,1H3. The Morgan fingerprint density at radius 1 is 1.47 bits per heavy atom. The molecule has 0 fully saturated rings. The Balaban J connectivity index is 2.30. The summed E-state index contributed by atoms with van der Waals surface area (Å²) < 4.78 is 5.45. The quantitative estimate of drug-likeness (QED) is 0.831. The van der Waals surface area contributed by atoms with Gasteiger partial charge in [0.2, 0.25) is 0 Å². The fraction of sp³-hybridized carbons (Fsp3) is 0.250. The Hall–Kier alpha value is -1.61. The van der Waals surface area contributed by atoms with E-state index >= 15 is 0 Å². The molecule has 0 aliphatic heterocycles. The number of nitrogens with two attached hydrogens (primary N) is 1. The second-order valence-electron chi connectivity index (χ2n) is 3.44. The van der Waals surface area contributed by atoms with Gasteiger partial charge in [0.05, 0.1) is 0 Å². The van der Waals surface area contributed by atoms with Gasteiger partial charge >= 0.3 is 0 Å². The van der Waals surface area contributed by atoms with E-state index in [1.807, 2.05) is 31.2 Å². The van der Waals surface area contributed by atoms with Gasteiger partial charge in [-0.15, -0.1) is 0 Å². The highest BCUT2D eigenvalue weighted by atomic mass is 16.3. The predicted octanol–water partition coefficient (Wildman–Crippen LogP) is 2.50. The van der Waals surface area contributed by atoms with Crippen molar-refractivity contribution in [2.24, 2.45) is 5.73 Å². The van der Waals surface area contributed by atoms with Gasteiger partial charge in [-0.1, -0.05) is 18.2 Å². The van der Waals surface area contributed by atoms with E-state index in [0.717, 1.165) is 23.1 Å². The molecule has 0 aliphatic carbocycles. The van der Waals surface area contributed by atoms with Gasteiger partial charge in [0.15, 0.2) is 11.5 Å². The average molecular weight is 202 g/mol. The monoisotopic (exact) mass is 202 g/mol. The summed E-state index contributed by atoms with van der Waals surface area (Å²) in [6.45, 7) is 2.53. The number of rotatable bonds is 3. The maximum atomic E-state index is 5.45. The molecule has 0 aliphatic rings. The summed E-state index contributed by atoms with van der Waals surface area (Å²) in [5.41, 5.74) is 8.27. The minimum absolute atomic E-state index is 0.681. The third-order valence-electron chi connectivity index (χ3n) is 2.16. The minimum Gasteiger partial charge on any atom is -0.441 e. The molecule has 2 rings (SSSR count). The lowest BCUT2D eigenvalue weighted by atomic mass is 10.2. The number of benzene rings is 1. The van der Waals surface area contributed by atoms with Gasteiger partial charge in [-0.3, -0.25) is 0 Å². The first kappa shape index (κ1) is 9.93. The number of aryl methyl sites for hydroxylation is 1. The van der Waals surface area contributed by atoms with Crippen LogP contribution < -0.4 is 5.73 Å². The van der Waals surface area contributed by atoms with Crippen molar-refractivity contribution in [3.8, 4) is 0 Å². The summed E-state index contributed by atoms with van der Waals surface area (Å²) in [6.07, 6.45) is 5.00. The van der Waals surface area contributed by atoms with Gasteiger partial charge < -0.3 is 10.2 Å². The van der Waals surface area contributed by atoms with Crippen LogP contribution >= 0.6 is 0 Å². The van der Waals surface area contributed by atoms with Crippen LogP contribution in [0, 0.1) is 6.92 Å². The predicted molar refractivity (Wildman–Crippen MR) is 61.5 cm³/mol. The fourth-order valence-corrected chi connectivity index (χ4v) is 1.48. The third kappa shape index (κ3) is 2.25. The summed E-state index contributed by atoms with van der Waals surface area (Å²) in [5, 5.41) is 0. The SMILES string of the molecule is Cc1nc2ccc(C=CCCN)cc2o1. The minimum atomic E-state index is 0.681. The molecule has 78 valence electrons. The highest BCUT2D eigenvalue weighted by molar-refractivity contribution is 5.76. The van der Waals surface area contributed by atoms with Crippen LogP contribution in [-0.4, -0.2) is 11.5 Å². The molecular formula is C12H14N2O. The highest BCUT2D eigenvalue weighted by Gasteiger charge is 2.00. The van der Waals surface area contributed by atoms with Crippen LogP contribution in [0.3, 0.4) is 0 Å². The van der Waals surface area contributed by atoms with E-state index in [-0.39, 0.29) is 0 Å². The van der Waals surface area contributed by atoms with Crippen molar-refractivity contribution in [1.29, 1.82) is 0 Å². The second-order valence-corrected chi connectivity index (χ2v) is 3.44. The van der Waals surface area contributed by atoms with E-state index in [1.54, 1.807) is 0 Å². The number of aromatic nitrogens is 1. The molecule has 0 bridgehead atoms. The summed E-state index contributed by atoms with van der Waals surface area (Å²) in [4.78, 5) is 4.24. The Kier molecular flexibility index (Phi) is 2.83.